The summed E-state index contributed by atoms with van der Waals surface area (Å²) in [5, 5.41) is 21.1. The lowest BCUT2D eigenvalue weighted by Crippen LogP contribution is -2.38. The summed E-state index contributed by atoms with van der Waals surface area (Å²) in [6.07, 6.45) is 3.53. The molecular formula is C15H22O3. The van der Waals surface area contributed by atoms with Crippen LogP contribution in [-0.2, 0) is 0 Å². The molecule has 18 heavy (non-hydrogen) atoms. The van der Waals surface area contributed by atoms with Gasteiger partial charge in [-0.15, -0.1) is 0 Å². The van der Waals surface area contributed by atoms with Crippen LogP contribution in [-0.4, -0.2) is 22.9 Å². The minimum Gasteiger partial charge on any atom is -0.496 e. The van der Waals surface area contributed by atoms with E-state index in [0.29, 0.717) is 24.2 Å². The number of benzene rings is 1. The molecule has 1 unspecified atom stereocenters. The zero-order valence-corrected chi connectivity index (χ0v) is 11.1. The Kier molecular flexibility index (Phi) is 3.93. The lowest BCUT2D eigenvalue weighted by molar-refractivity contribution is -0.0998. The van der Waals surface area contributed by atoms with E-state index in [4.69, 9.17) is 4.74 Å². The van der Waals surface area contributed by atoms with Crippen molar-refractivity contribution in [1.29, 1.82) is 0 Å². The molecule has 0 spiro atoms. The Morgan fingerprint density at radius 2 is 1.89 bits per heavy atom. The van der Waals surface area contributed by atoms with E-state index in [1.165, 1.54) is 0 Å². The number of aliphatic hydroxyl groups is 2. The summed E-state index contributed by atoms with van der Waals surface area (Å²) < 4.78 is 5.29. The highest BCUT2D eigenvalue weighted by atomic mass is 16.5. The van der Waals surface area contributed by atoms with E-state index in [9.17, 15) is 10.2 Å². The number of ether oxygens (including phenoxy) is 1. The average Bonchev–Trinajstić information content (AvgIpc) is 2.38. The Morgan fingerprint density at radius 3 is 2.50 bits per heavy atom. The van der Waals surface area contributed by atoms with Crippen molar-refractivity contribution in [3.05, 3.63) is 29.3 Å². The van der Waals surface area contributed by atoms with Crippen molar-refractivity contribution < 1.29 is 14.9 Å². The second-order valence-electron chi connectivity index (χ2n) is 5.31. The molecule has 0 heterocycles. The molecule has 0 aromatic heterocycles. The van der Waals surface area contributed by atoms with Gasteiger partial charge in [-0.2, -0.15) is 0 Å². The zero-order valence-electron chi connectivity index (χ0n) is 11.1. The molecule has 1 aliphatic rings. The Labute approximate surface area is 108 Å². The predicted octanol–water partition coefficient (Wildman–Crippen LogP) is 2.73. The van der Waals surface area contributed by atoms with E-state index in [1.54, 1.807) is 7.11 Å². The van der Waals surface area contributed by atoms with Gasteiger partial charge in [0.25, 0.3) is 0 Å². The number of aliphatic hydroxyl groups excluding tert-OH is 1. The summed E-state index contributed by atoms with van der Waals surface area (Å²) in [4.78, 5) is 0. The molecule has 0 amide bonds. The van der Waals surface area contributed by atoms with Crippen LogP contribution in [0.5, 0.6) is 5.75 Å². The van der Waals surface area contributed by atoms with Crippen molar-refractivity contribution in [1.82, 2.24) is 0 Å². The van der Waals surface area contributed by atoms with E-state index in [0.717, 1.165) is 24.8 Å². The van der Waals surface area contributed by atoms with Crippen molar-refractivity contribution in [3.63, 3.8) is 0 Å². The minimum atomic E-state index is -1.00. The Hall–Kier alpha value is -1.06. The second kappa shape index (κ2) is 5.29. The lowest BCUT2D eigenvalue weighted by atomic mass is 9.78. The fourth-order valence-corrected chi connectivity index (χ4v) is 2.79. The number of hydrogen-bond acceptors (Lipinski definition) is 3. The van der Waals surface area contributed by atoms with Gasteiger partial charge in [-0.3, -0.25) is 0 Å². The molecule has 1 aliphatic carbocycles. The smallest absolute Gasteiger partial charge is 0.124 e. The molecule has 1 atom stereocenters. The van der Waals surface area contributed by atoms with E-state index in [2.05, 4.69) is 0 Å². The Morgan fingerprint density at radius 1 is 1.22 bits per heavy atom. The summed E-state index contributed by atoms with van der Waals surface area (Å²) in [7, 11) is 1.59. The monoisotopic (exact) mass is 250 g/mol. The minimum absolute atomic E-state index is 0.645. The second-order valence-corrected chi connectivity index (χ2v) is 5.31. The number of hydrogen-bond donors (Lipinski definition) is 2. The van der Waals surface area contributed by atoms with E-state index < -0.39 is 11.7 Å². The quantitative estimate of drug-likeness (QED) is 0.867. The van der Waals surface area contributed by atoms with Crippen LogP contribution in [0.1, 0.15) is 49.3 Å². The van der Waals surface area contributed by atoms with E-state index in [-0.39, 0.29) is 0 Å². The van der Waals surface area contributed by atoms with E-state index >= 15 is 0 Å². The first-order valence-corrected chi connectivity index (χ1v) is 6.62. The summed E-state index contributed by atoms with van der Waals surface area (Å²) in [5.41, 5.74) is 0.755. The molecule has 0 aliphatic heterocycles. The molecule has 100 valence electrons. The molecule has 1 aromatic rings. The van der Waals surface area contributed by atoms with Crippen LogP contribution in [0.4, 0.5) is 0 Å². The lowest BCUT2D eigenvalue weighted by Gasteiger charge is -2.37. The van der Waals surface area contributed by atoms with Gasteiger partial charge in [-0.1, -0.05) is 30.9 Å². The molecule has 2 N–H and O–H groups in total. The molecule has 1 fully saturated rings. The maximum Gasteiger partial charge on any atom is 0.124 e. The van der Waals surface area contributed by atoms with Gasteiger partial charge in [-0.05, 0) is 31.9 Å². The van der Waals surface area contributed by atoms with Crippen LogP contribution in [0, 0.1) is 6.92 Å². The fraction of sp³-hybridized carbons (Fsp3) is 0.600. The SMILES string of the molecule is COc1ccc(C)cc1C(O)C1(O)CCCCC1. The summed E-state index contributed by atoms with van der Waals surface area (Å²) in [5.74, 6) is 0.645. The topological polar surface area (TPSA) is 49.7 Å². The number of methoxy groups -OCH3 is 1. The maximum absolute atomic E-state index is 10.6. The molecule has 2 rings (SSSR count). The maximum atomic E-state index is 10.6. The Bertz CT molecular complexity index is 408. The van der Waals surface area contributed by atoms with Gasteiger partial charge in [0.1, 0.15) is 11.9 Å². The van der Waals surface area contributed by atoms with Gasteiger partial charge in [0, 0.05) is 5.56 Å². The van der Waals surface area contributed by atoms with Gasteiger partial charge in [0.15, 0.2) is 0 Å². The van der Waals surface area contributed by atoms with Crippen LogP contribution < -0.4 is 4.74 Å². The third kappa shape index (κ3) is 2.52. The normalized spacial score (nSPS) is 20.4. The van der Waals surface area contributed by atoms with Crippen molar-refractivity contribution >= 4 is 0 Å². The highest BCUT2D eigenvalue weighted by molar-refractivity contribution is 5.39. The first kappa shape index (κ1) is 13.4. The highest BCUT2D eigenvalue weighted by Gasteiger charge is 2.38. The molecule has 0 bridgehead atoms. The zero-order chi connectivity index (χ0) is 13.2. The largest absolute Gasteiger partial charge is 0.496 e. The standard InChI is InChI=1S/C15H22O3/c1-11-6-7-13(18-2)12(10-11)14(16)15(17)8-4-3-5-9-15/h6-7,10,14,16-17H,3-5,8-9H2,1-2H3. The molecule has 3 nitrogen and oxygen atoms in total. The van der Waals surface area contributed by atoms with Gasteiger partial charge in [0.05, 0.1) is 12.7 Å². The van der Waals surface area contributed by atoms with Crippen molar-refractivity contribution in [3.8, 4) is 5.75 Å². The molecule has 0 radical (unpaired) electrons. The van der Waals surface area contributed by atoms with Crippen molar-refractivity contribution in [2.24, 2.45) is 0 Å². The fourth-order valence-electron chi connectivity index (χ4n) is 2.79. The van der Waals surface area contributed by atoms with Crippen LogP contribution in [0.3, 0.4) is 0 Å². The Balaban J connectivity index is 2.32. The highest BCUT2D eigenvalue weighted by Crippen LogP contribution is 2.41. The third-order valence-electron chi connectivity index (χ3n) is 3.91. The predicted molar refractivity (Wildman–Crippen MR) is 70.7 cm³/mol. The molecular weight excluding hydrogens is 228 g/mol. The van der Waals surface area contributed by atoms with Crippen LogP contribution >= 0.6 is 0 Å². The first-order valence-electron chi connectivity index (χ1n) is 6.62. The van der Waals surface area contributed by atoms with Crippen LogP contribution in [0.15, 0.2) is 18.2 Å². The molecule has 0 saturated heterocycles. The summed E-state index contributed by atoms with van der Waals surface area (Å²) in [6.45, 7) is 1.97. The van der Waals surface area contributed by atoms with Gasteiger partial charge < -0.3 is 14.9 Å². The molecule has 3 heteroatoms. The van der Waals surface area contributed by atoms with Gasteiger partial charge in [-0.25, -0.2) is 0 Å². The summed E-state index contributed by atoms with van der Waals surface area (Å²) >= 11 is 0. The van der Waals surface area contributed by atoms with Crippen molar-refractivity contribution in [2.75, 3.05) is 7.11 Å². The number of rotatable bonds is 3. The first-order chi connectivity index (χ1) is 8.57. The molecule has 1 aromatic carbocycles. The van der Waals surface area contributed by atoms with E-state index in [1.807, 2.05) is 25.1 Å². The van der Waals surface area contributed by atoms with Crippen LogP contribution in [0.25, 0.3) is 0 Å². The van der Waals surface area contributed by atoms with Gasteiger partial charge >= 0.3 is 0 Å². The third-order valence-corrected chi connectivity index (χ3v) is 3.91. The van der Waals surface area contributed by atoms with Crippen molar-refractivity contribution in [2.45, 2.75) is 50.7 Å². The van der Waals surface area contributed by atoms with Crippen LogP contribution in [0.2, 0.25) is 0 Å². The summed E-state index contributed by atoms with van der Waals surface area (Å²) in [6, 6.07) is 5.69. The average molecular weight is 250 g/mol. The van der Waals surface area contributed by atoms with Gasteiger partial charge in [0.2, 0.25) is 0 Å². The molecule has 1 saturated carbocycles. The number of aryl methyl sites for hydroxylation is 1.